The largest absolute Gasteiger partial charge is 0.481 e. The Kier molecular flexibility index (Phi) is 7.09. The molecule has 1 saturated carbocycles. The second-order valence-electron chi connectivity index (χ2n) is 5.53. The molecule has 0 spiro atoms. The van der Waals surface area contributed by atoms with E-state index >= 15 is 0 Å². The Bertz CT molecular complexity index is 433. The van der Waals surface area contributed by atoms with Crippen molar-refractivity contribution < 1.29 is 23.1 Å². The van der Waals surface area contributed by atoms with E-state index in [1.54, 1.807) is 0 Å². The SMILES string of the molecule is CCC(CC)N(CCOC)S(=O)(=O)C1CCCC1C(=O)O. The molecule has 21 heavy (non-hydrogen) atoms. The molecule has 6 nitrogen and oxygen atoms in total. The fourth-order valence-corrected chi connectivity index (χ4v) is 5.66. The lowest BCUT2D eigenvalue weighted by Gasteiger charge is -2.33. The first-order chi connectivity index (χ1) is 9.89. The van der Waals surface area contributed by atoms with Gasteiger partial charge in [-0.25, -0.2) is 8.42 Å². The van der Waals surface area contributed by atoms with Gasteiger partial charge in [0.25, 0.3) is 0 Å². The zero-order valence-corrected chi connectivity index (χ0v) is 13.9. The fraction of sp³-hybridized carbons (Fsp3) is 0.929. The first-order valence-corrected chi connectivity index (χ1v) is 9.12. The smallest absolute Gasteiger partial charge is 0.307 e. The van der Waals surface area contributed by atoms with Gasteiger partial charge in [-0.15, -0.1) is 0 Å². The van der Waals surface area contributed by atoms with Gasteiger partial charge >= 0.3 is 5.97 Å². The molecule has 1 aliphatic carbocycles. The van der Waals surface area contributed by atoms with Gasteiger partial charge in [-0.1, -0.05) is 20.3 Å². The van der Waals surface area contributed by atoms with Crippen LogP contribution in [0.4, 0.5) is 0 Å². The van der Waals surface area contributed by atoms with E-state index in [9.17, 15) is 18.3 Å². The van der Waals surface area contributed by atoms with Crippen molar-refractivity contribution in [3.8, 4) is 0 Å². The second-order valence-corrected chi connectivity index (χ2v) is 7.64. The van der Waals surface area contributed by atoms with E-state index in [0.29, 0.717) is 38.7 Å². The topological polar surface area (TPSA) is 83.9 Å². The third-order valence-electron chi connectivity index (χ3n) is 4.34. The number of methoxy groups -OCH3 is 1. The average Bonchev–Trinajstić information content (AvgIpc) is 2.93. The monoisotopic (exact) mass is 321 g/mol. The highest BCUT2D eigenvalue weighted by Crippen LogP contribution is 2.34. The van der Waals surface area contributed by atoms with Gasteiger partial charge in [0.15, 0.2) is 0 Å². The molecular formula is C14H27NO5S. The molecular weight excluding hydrogens is 294 g/mol. The Labute approximate surface area is 127 Å². The predicted octanol–water partition coefficient (Wildman–Crippen LogP) is 1.71. The van der Waals surface area contributed by atoms with Crippen molar-refractivity contribution in [3.05, 3.63) is 0 Å². The van der Waals surface area contributed by atoms with E-state index in [-0.39, 0.29) is 12.6 Å². The van der Waals surface area contributed by atoms with E-state index in [4.69, 9.17) is 4.74 Å². The highest BCUT2D eigenvalue weighted by molar-refractivity contribution is 7.89. The van der Waals surface area contributed by atoms with Gasteiger partial charge in [-0.2, -0.15) is 4.31 Å². The number of aliphatic carboxylic acids is 1. The summed E-state index contributed by atoms with van der Waals surface area (Å²) in [4.78, 5) is 11.3. The van der Waals surface area contributed by atoms with E-state index in [1.807, 2.05) is 13.8 Å². The van der Waals surface area contributed by atoms with Gasteiger partial charge in [0.2, 0.25) is 10.0 Å². The van der Waals surface area contributed by atoms with Gasteiger partial charge < -0.3 is 9.84 Å². The van der Waals surface area contributed by atoms with Crippen molar-refractivity contribution in [1.29, 1.82) is 0 Å². The summed E-state index contributed by atoms with van der Waals surface area (Å²) in [5.74, 6) is -1.79. The maximum Gasteiger partial charge on any atom is 0.307 e. The summed E-state index contributed by atoms with van der Waals surface area (Å²) in [5, 5.41) is 8.45. The van der Waals surface area contributed by atoms with Gasteiger partial charge in [-0.05, 0) is 25.7 Å². The molecule has 0 aromatic rings. The standard InChI is InChI=1S/C14H27NO5S/c1-4-11(5-2)15(9-10-20-3)21(18,19)13-8-6-7-12(13)14(16)17/h11-13H,4-10H2,1-3H3,(H,16,17). The molecule has 0 aromatic heterocycles. The lowest BCUT2D eigenvalue weighted by molar-refractivity contribution is -0.141. The van der Waals surface area contributed by atoms with Crippen LogP contribution in [-0.2, 0) is 19.6 Å². The number of ether oxygens (including phenoxy) is 1. The van der Waals surface area contributed by atoms with Crippen molar-refractivity contribution in [2.24, 2.45) is 5.92 Å². The third-order valence-corrected chi connectivity index (χ3v) is 6.81. The molecule has 0 bridgehead atoms. The lowest BCUT2D eigenvalue weighted by Crippen LogP contribution is -2.48. The Morgan fingerprint density at radius 1 is 1.33 bits per heavy atom. The molecule has 1 rings (SSSR count). The van der Waals surface area contributed by atoms with Crippen LogP contribution >= 0.6 is 0 Å². The third kappa shape index (κ3) is 4.17. The summed E-state index contributed by atoms with van der Waals surface area (Å²) in [7, 11) is -2.08. The highest BCUT2D eigenvalue weighted by atomic mass is 32.2. The molecule has 0 heterocycles. The zero-order valence-electron chi connectivity index (χ0n) is 13.1. The summed E-state index contributed by atoms with van der Waals surface area (Å²) < 4.78 is 32.3. The summed E-state index contributed by atoms with van der Waals surface area (Å²) >= 11 is 0. The molecule has 0 amide bonds. The number of carbonyl (C=O) groups is 1. The van der Waals surface area contributed by atoms with E-state index in [0.717, 1.165) is 0 Å². The molecule has 7 heteroatoms. The van der Waals surface area contributed by atoms with Gasteiger partial charge in [0, 0.05) is 19.7 Å². The molecule has 0 saturated heterocycles. The van der Waals surface area contributed by atoms with Crippen molar-refractivity contribution in [2.75, 3.05) is 20.3 Å². The molecule has 0 aliphatic heterocycles. The number of nitrogens with zero attached hydrogens (tertiary/aromatic N) is 1. The van der Waals surface area contributed by atoms with Crippen LogP contribution in [0.25, 0.3) is 0 Å². The number of hydrogen-bond acceptors (Lipinski definition) is 4. The highest BCUT2D eigenvalue weighted by Gasteiger charge is 2.45. The van der Waals surface area contributed by atoms with E-state index in [2.05, 4.69) is 0 Å². The Balaban J connectivity index is 3.05. The van der Waals surface area contributed by atoms with Crippen LogP contribution < -0.4 is 0 Å². The van der Waals surface area contributed by atoms with E-state index < -0.39 is 27.2 Å². The minimum absolute atomic E-state index is 0.0970. The predicted molar refractivity (Wildman–Crippen MR) is 80.6 cm³/mol. The van der Waals surface area contributed by atoms with Crippen LogP contribution in [0.15, 0.2) is 0 Å². The minimum atomic E-state index is -3.62. The molecule has 1 N–H and O–H groups in total. The number of hydrogen-bond donors (Lipinski definition) is 1. The second kappa shape index (κ2) is 8.10. The quantitative estimate of drug-likeness (QED) is 0.699. The average molecular weight is 321 g/mol. The van der Waals surface area contributed by atoms with Crippen LogP contribution in [0.5, 0.6) is 0 Å². The number of sulfonamides is 1. The summed E-state index contributed by atoms with van der Waals surface area (Å²) in [6.45, 7) is 4.51. The Hall–Kier alpha value is -0.660. The van der Waals surface area contributed by atoms with E-state index in [1.165, 1.54) is 11.4 Å². The molecule has 1 fully saturated rings. The maximum atomic E-state index is 12.9. The molecule has 0 aromatic carbocycles. The Morgan fingerprint density at radius 3 is 2.43 bits per heavy atom. The molecule has 2 atom stereocenters. The minimum Gasteiger partial charge on any atom is -0.481 e. The number of rotatable bonds is 9. The Morgan fingerprint density at radius 2 is 1.95 bits per heavy atom. The molecule has 2 unspecified atom stereocenters. The van der Waals surface area contributed by atoms with Gasteiger partial charge in [0.1, 0.15) is 0 Å². The first kappa shape index (κ1) is 18.4. The van der Waals surface area contributed by atoms with Crippen molar-refractivity contribution >= 4 is 16.0 Å². The van der Waals surface area contributed by atoms with Gasteiger partial charge in [-0.3, -0.25) is 4.79 Å². The van der Waals surface area contributed by atoms with Crippen molar-refractivity contribution in [1.82, 2.24) is 4.31 Å². The van der Waals surface area contributed by atoms with Crippen LogP contribution in [0.3, 0.4) is 0 Å². The molecule has 1 aliphatic rings. The normalized spacial score (nSPS) is 23.1. The van der Waals surface area contributed by atoms with Gasteiger partial charge in [0.05, 0.1) is 17.8 Å². The molecule has 124 valence electrons. The summed E-state index contributed by atoms with van der Waals surface area (Å²) in [6, 6.07) is -0.0970. The first-order valence-electron chi connectivity index (χ1n) is 7.62. The lowest BCUT2D eigenvalue weighted by atomic mass is 10.1. The summed E-state index contributed by atoms with van der Waals surface area (Å²) in [6.07, 6.45) is 2.96. The number of carboxylic acid groups (broad SMARTS) is 1. The van der Waals surface area contributed by atoms with Crippen LogP contribution in [-0.4, -0.2) is 55.4 Å². The summed E-state index contributed by atoms with van der Waals surface area (Å²) in [5.41, 5.74) is 0. The number of carboxylic acids is 1. The van der Waals surface area contributed by atoms with Crippen LogP contribution in [0, 0.1) is 5.92 Å². The van der Waals surface area contributed by atoms with Crippen molar-refractivity contribution in [3.63, 3.8) is 0 Å². The van der Waals surface area contributed by atoms with Crippen LogP contribution in [0.1, 0.15) is 46.0 Å². The fourth-order valence-electron chi connectivity index (χ4n) is 3.13. The maximum absolute atomic E-state index is 12.9. The van der Waals surface area contributed by atoms with Crippen molar-refractivity contribution in [2.45, 2.75) is 57.2 Å². The van der Waals surface area contributed by atoms with Crippen LogP contribution in [0.2, 0.25) is 0 Å². The zero-order chi connectivity index (χ0) is 16.0. The molecule has 0 radical (unpaired) electrons.